The third kappa shape index (κ3) is 5.44. The van der Waals surface area contributed by atoms with Crippen molar-refractivity contribution < 1.29 is 49.0 Å². The van der Waals surface area contributed by atoms with E-state index in [0.29, 0.717) is 10.5 Å². The fourth-order valence-electron chi connectivity index (χ4n) is 4.09. The van der Waals surface area contributed by atoms with Gasteiger partial charge in [-0.1, -0.05) is 12.1 Å². The molecule has 5 N–H and O–H groups in total. The second kappa shape index (κ2) is 10.8. The maximum Gasteiger partial charge on any atom is 0.526 e. The molecule has 0 aromatic heterocycles. The summed E-state index contributed by atoms with van der Waals surface area (Å²) >= 11 is 0. The number of urea groups is 1. The first-order valence-corrected chi connectivity index (χ1v) is 11.0. The van der Waals surface area contributed by atoms with Crippen LogP contribution in [0.1, 0.15) is 29.3 Å². The van der Waals surface area contributed by atoms with E-state index >= 15 is 0 Å². The summed E-state index contributed by atoms with van der Waals surface area (Å²) in [6.45, 7) is 1.07. The third-order valence-corrected chi connectivity index (χ3v) is 6.05. The Labute approximate surface area is 200 Å². The molecule has 188 valence electrons. The molecule has 13 nitrogen and oxygen atoms in total. The number of benzene rings is 1. The van der Waals surface area contributed by atoms with Crippen LogP contribution >= 0.6 is 0 Å². The number of fused-ring (bicyclic) bond motifs is 1. The van der Waals surface area contributed by atoms with Gasteiger partial charge in [0.2, 0.25) is 0 Å². The number of hydrogen-bond donors (Lipinski definition) is 5. The van der Waals surface area contributed by atoms with Crippen LogP contribution in [-0.2, 0) is 20.8 Å². The Balaban J connectivity index is 1.72. The standard InChI is InChI=1S/C21H26BN3O10/c1-2-24-6-7-25(19(30)18(24)29)21(33)23-16(15(28)10-26)14(27)9-12-8-11-4-3-5-13(20(31)32)17(11)35-22(12)34/h3-5,12,15-16,26,28,34H,2,6-10H2,1H3,(H,23,33)(H,31,32)/t12-,15-,16+/m1/s1. The van der Waals surface area contributed by atoms with Gasteiger partial charge < -0.3 is 35.2 Å². The summed E-state index contributed by atoms with van der Waals surface area (Å²) in [6.07, 6.45) is -2.05. The van der Waals surface area contributed by atoms with Crippen LogP contribution in [0, 0.1) is 0 Å². The minimum Gasteiger partial charge on any atom is -0.535 e. The highest BCUT2D eigenvalue weighted by atomic mass is 16.5. The molecule has 0 spiro atoms. The molecule has 0 bridgehead atoms. The lowest BCUT2D eigenvalue weighted by molar-refractivity contribution is -0.153. The van der Waals surface area contributed by atoms with Gasteiger partial charge in [0.05, 0.1) is 12.2 Å². The number of piperazine rings is 1. The number of imide groups is 1. The van der Waals surface area contributed by atoms with E-state index < -0.39 is 67.7 Å². The Morgan fingerprint density at radius 2 is 1.94 bits per heavy atom. The van der Waals surface area contributed by atoms with Gasteiger partial charge in [0.25, 0.3) is 0 Å². The van der Waals surface area contributed by atoms with Crippen molar-refractivity contribution in [2.75, 3.05) is 26.2 Å². The number of hydrogen-bond acceptors (Lipinski definition) is 9. The fraction of sp³-hybridized carbons (Fsp3) is 0.476. The molecule has 0 saturated carbocycles. The molecule has 2 aliphatic rings. The highest BCUT2D eigenvalue weighted by Gasteiger charge is 2.42. The lowest BCUT2D eigenvalue weighted by atomic mass is 9.64. The average Bonchev–Trinajstić information content (AvgIpc) is 2.83. The van der Waals surface area contributed by atoms with Crippen LogP contribution in [0.4, 0.5) is 4.79 Å². The number of ketones is 1. The number of para-hydroxylation sites is 1. The SMILES string of the molecule is CCN1CCN(C(=O)N[C@@H](C(=O)C[C@H]2Cc3cccc(C(=O)O)c3OB2O)[C@H](O)CO)C(=O)C1=O. The van der Waals surface area contributed by atoms with Crippen LogP contribution in [0.15, 0.2) is 18.2 Å². The van der Waals surface area contributed by atoms with Crippen molar-refractivity contribution in [2.45, 2.75) is 37.7 Å². The first-order chi connectivity index (χ1) is 16.6. The molecule has 0 unspecified atom stereocenters. The van der Waals surface area contributed by atoms with Crippen LogP contribution in [0.3, 0.4) is 0 Å². The minimum absolute atomic E-state index is 0.00848. The first kappa shape index (κ1) is 26.1. The molecule has 14 heteroatoms. The van der Waals surface area contributed by atoms with Gasteiger partial charge in [-0.05, 0) is 25.0 Å². The van der Waals surface area contributed by atoms with Gasteiger partial charge in [0.1, 0.15) is 17.9 Å². The number of aromatic carboxylic acids is 1. The van der Waals surface area contributed by atoms with E-state index in [1.165, 1.54) is 17.0 Å². The van der Waals surface area contributed by atoms with Crippen LogP contribution in [-0.4, -0.2) is 105 Å². The molecule has 35 heavy (non-hydrogen) atoms. The Hall–Kier alpha value is -3.49. The van der Waals surface area contributed by atoms with E-state index in [0.717, 1.165) is 0 Å². The monoisotopic (exact) mass is 491 g/mol. The number of carboxylic acid groups (broad SMARTS) is 1. The van der Waals surface area contributed by atoms with Crippen LogP contribution in [0.2, 0.25) is 5.82 Å². The number of amides is 4. The van der Waals surface area contributed by atoms with Gasteiger partial charge in [-0.25, -0.2) is 9.59 Å². The summed E-state index contributed by atoms with van der Waals surface area (Å²) in [4.78, 5) is 63.2. The second-order valence-electron chi connectivity index (χ2n) is 8.26. The topological polar surface area (TPSA) is 194 Å². The molecule has 2 aliphatic heterocycles. The van der Waals surface area contributed by atoms with E-state index in [1.54, 1.807) is 13.0 Å². The van der Waals surface area contributed by atoms with Crippen molar-refractivity contribution in [1.29, 1.82) is 0 Å². The molecular formula is C21H26BN3O10. The molecule has 1 saturated heterocycles. The number of carbonyl (C=O) groups is 5. The molecule has 2 heterocycles. The lowest BCUT2D eigenvalue weighted by Gasteiger charge is -2.33. The van der Waals surface area contributed by atoms with E-state index in [-0.39, 0.29) is 37.4 Å². The number of nitrogens with one attached hydrogen (secondary N) is 1. The molecule has 3 rings (SSSR count). The smallest absolute Gasteiger partial charge is 0.526 e. The molecule has 1 aromatic carbocycles. The normalized spacial score (nSPS) is 19.5. The average molecular weight is 491 g/mol. The van der Waals surface area contributed by atoms with E-state index in [2.05, 4.69) is 5.32 Å². The summed E-state index contributed by atoms with van der Waals surface area (Å²) in [6, 6.07) is 1.68. The lowest BCUT2D eigenvalue weighted by Crippen LogP contribution is -2.61. The largest absolute Gasteiger partial charge is 0.535 e. The van der Waals surface area contributed by atoms with Gasteiger partial charge in [0.15, 0.2) is 5.78 Å². The quantitative estimate of drug-likeness (QED) is 0.206. The van der Waals surface area contributed by atoms with E-state index in [4.69, 9.17) is 4.65 Å². The van der Waals surface area contributed by atoms with Gasteiger partial charge >= 0.3 is 30.9 Å². The van der Waals surface area contributed by atoms with Crippen molar-refractivity contribution in [1.82, 2.24) is 15.1 Å². The highest BCUT2D eigenvalue weighted by Crippen LogP contribution is 2.36. The highest BCUT2D eigenvalue weighted by molar-refractivity contribution is 6.47. The van der Waals surface area contributed by atoms with Crippen molar-refractivity contribution >= 4 is 36.7 Å². The predicted octanol–water partition coefficient (Wildman–Crippen LogP) is -1.75. The number of rotatable bonds is 8. The van der Waals surface area contributed by atoms with Crippen molar-refractivity contribution in [2.24, 2.45) is 0 Å². The van der Waals surface area contributed by atoms with Gasteiger partial charge in [-0.3, -0.25) is 19.3 Å². The van der Waals surface area contributed by atoms with Crippen molar-refractivity contribution in [3.8, 4) is 5.75 Å². The molecule has 4 amide bonds. The first-order valence-electron chi connectivity index (χ1n) is 11.0. The predicted molar refractivity (Wildman–Crippen MR) is 118 cm³/mol. The Morgan fingerprint density at radius 3 is 2.57 bits per heavy atom. The summed E-state index contributed by atoms with van der Waals surface area (Å²) in [5.41, 5.74) is 0.309. The van der Waals surface area contributed by atoms with Crippen LogP contribution in [0.25, 0.3) is 0 Å². The number of aliphatic hydroxyl groups is 2. The molecule has 0 aliphatic carbocycles. The number of carboxylic acids is 1. The molecule has 1 aromatic rings. The number of nitrogens with zero attached hydrogens (tertiary/aromatic N) is 2. The molecule has 1 fully saturated rings. The Bertz CT molecular complexity index is 1030. The number of likely N-dealkylation sites (N-methyl/N-ethyl adjacent to an activating group) is 1. The second-order valence-corrected chi connectivity index (χ2v) is 8.26. The van der Waals surface area contributed by atoms with Gasteiger partial charge in [-0.2, -0.15) is 0 Å². The zero-order valence-corrected chi connectivity index (χ0v) is 18.9. The Kier molecular flexibility index (Phi) is 8.09. The van der Waals surface area contributed by atoms with Crippen molar-refractivity contribution in [3.05, 3.63) is 29.3 Å². The summed E-state index contributed by atoms with van der Waals surface area (Å²) in [5.74, 6) is -4.82. The number of carbonyl (C=O) groups excluding carboxylic acids is 4. The summed E-state index contributed by atoms with van der Waals surface area (Å²) in [7, 11) is -1.55. The van der Waals surface area contributed by atoms with Gasteiger partial charge in [0, 0.05) is 31.9 Å². The minimum atomic E-state index is -1.72. The maximum atomic E-state index is 13.0. The molecule has 0 radical (unpaired) electrons. The van der Waals surface area contributed by atoms with Crippen LogP contribution in [0.5, 0.6) is 5.75 Å². The number of aliphatic hydroxyl groups excluding tert-OH is 2. The number of Topliss-reactive ketones (excluding diaryl/α,β-unsaturated/α-hetero) is 1. The maximum absolute atomic E-state index is 13.0. The van der Waals surface area contributed by atoms with Crippen molar-refractivity contribution in [3.63, 3.8) is 0 Å². The van der Waals surface area contributed by atoms with Gasteiger partial charge in [-0.15, -0.1) is 0 Å². The fourth-order valence-corrected chi connectivity index (χ4v) is 4.09. The molecular weight excluding hydrogens is 465 g/mol. The molecule has 3 atom stereocenters. The zero-order valence-electron chi connectivity index (χ0n) is 18.9. The Morgan fingerprint density at radius 1 is 1.23 bits per heavy atom. The third-order valence-electron chi connectivity index (χ3n) is 6.05. The summed E-state index contributed by atoms with van der Waals surface area (Å²) in [5, 5.41) is 41.4. The van der Waals surface area contributed by atoms with E-state index in [9.17, 15) is 44.3 Å². The zero-order chi connectivity index (χ0) is 25.9. The van der Waals surface area contributed by atoms with E-state index in [1.807, 2.05) is 0 Å². The van der Waals surface area contributed by atoms with Crippen LogP contribution < -0.4 is 9.97 Å². The summed E-state index contributed by atoms with van der Waals surface area (Å²) < 4.78 is 5.36.